The number of sulfonamides is 1. The monoisotopic (exact) mass is 410 g/mol. The summed E-state index contributed by atoms with van der Waals surface area (Å²) in [5.74, 6) is -0.575. The molecule has 0 saturated heterocycles. The molecule has 7 heteroatoms. The van der Waals surface area contributed by atoms with Gasteiger partial charge in [-0.15, -0.1) is 0 Å². The summed E-state index contributed by atoms with van der Waals surface area (Å²) in [4.78, 5) is 14.7. The van der Waals surface area contributed by atoms with Gasteiger partial charge in [-0.3, -0.25) is 4.90 Å². The van der Waals surface area contributed by atoms with Crippen LogP contribution < -0.4 is 9.21 Å². The van der Waals surface area contributed by atoms with Gasteiger partial charge in [0, 0.05) is 0 Å². The number of carbonyl (C=O) groups is 1. The molecule has 3 aromatic carbocycles. The van der Waals surface area contributed by atoms with E-state index in [0.717, 1.165) is 17.2 Å². The van der Waals surface area contributed by atoms with E-state index in [1.54, 1.807) is 25.1 Å². The molecule has 0 fully saturated rings. The van der Waals surface area contributed by atoms with Crippen molar-refractivity contribution in [1.29, 1.82) is 0 Å². The van der Waals surface area contributed by atoms with Gasteiger partial charge in [0.25, 0.3) is 10.0 Å². The van der Waals surface area contributed by atoms with Crippen LogP contribution in [0.4, 0.5) is 20.6 Å². The van der Waals surface area contributed by atoms with E-state index in [4.69, 9.17) is 0 Å². The van der Waals surface area contributed by atoms with E-state index in [0.29, 0.717) is 15.6 Å². The van der Waals surface area contributed by atoms with E-state index in [1.807, 2.05) is 31.2 Å². The Morgan fingerprint density at radius 3 is 2.31 bits per heavy atom. The highest BCUT2D eigenvalue weighted by Gasteiger charge is 2.42. The van der Waals surface area contributed by atoms with E-state index in [2.05, 4.69) is 0 Å². The van der Waals surface area contributed by atoms with Crippen molar-refractivity contribution in [2.45, 2.75) is 25.3 Å². The molecule has 0 unspecified atom stereocenters. The van der Waals surface area contributed by atoms with Crippen molar-refractivity contribution in [1.82, 2.24) is 0 Å². The van der Waals surface area contributed by atoms with Crippen LogP contribution in [0.5, 0.6) is 0 Å². The number of urea groups is 1. The number of hydrogen-bond donors (Lipinski definition) is 0. The van der Waals surface area contributed by atoms with E-state index < -0.39 is 21.9 Å². The molecule has 1 heterocycles. The molecule has 0 aliphatic carbocycles. The summed E-state index contributed by atoms with van der Waals surface area (Å²) in [6.07, 6.45) is 0. The van der Waals surface area contributed by atoms with E-state index >= 15 is 0 Å². The van der Waals surface area contributed by atoms with Crippen LogP contribution in [-0.4, -0.2) is 14.4 Å². The molecule has 2 amide bonds. The van der Waals surface area contributed by atoms with Crippen LogP contribution in [0.15, 0.2) is 71.6 Å². The summed E-state index contributed by atoms with van der Waals surface area (Å²) >= 11 is 0. The Morgan fingerprint density at radius 1 is 0.931 bits per heavy atom. The molecule has 148 valence electrons. The lowest BCUT2D eigenvalue weighted by Crippen LogP contribution is -2.50. The predicted octanol–water partition coefficient (Wildman–Crippen LogP) is 4.78. The van der Waals surface area contributed by atoms with Crippen LogP contribution >= 0.6 is 0 Å². The van der Waals surface area contributed by atoms with Crippen molar-refractivity contribution < 1.29 is 17.6 Å². The number of anilines is 2. The number of fused-ring (bicyclic) bond motifs is 1. The molecule has 0 aromatic heterocycles. The smallest absolute Gasteiger partial charge is 0.287 e. The largest absolute Gasteiger partial charge is 0.343 e. The Balaban J connectivity index is 1.86. The van der Waals surface area contributed by atoms with E-state index in [1.165, 1.54) is 23.1 Å². The van der Waals surface area contributed by atoms with E-state index in [9.17, 15) is 17.6 Å². The zero-order valence-corrected chi connectivity index (χ0v) is 16.8. The third kappa shape index (κ3) is 3.27. The first-order chi connectivity index (χ1) is 13.8. The molecule has 5 nitrogen and oxygen atoms in total. The van der Waals surface area contributed by atoms with Crippen LogP contribution in [0.1, 0.15) is 16.7 Å². The van der Waals surface area contributed by atoms with E-state index in [-0.39, 0.29) is 17.1 Å². The second kappa shape index (κ2) is 7.00. The van der Waals surface area contributed by atoms with Crippen molar-refractivity contribution in [2.75, 3.05) is 9.21 Å². The number of benzene rings is 3. The SMILES string of the molecule is Cc1ccc(CN2C(=O)N(c3ccc(C)c(F)c3)S(=O)(=O)c3ccccc32)cc1. The summed E-state index contributed by atoms with van der Waals surface area (Å²) in [6.45, 7) is 3.73. The molecule has 3 aromatic rings. The fourth-order valence-electron chi connectivity index (χ4n) is 3.30. The molecule has 0 bridgehead atoms. The maximum Gasteiger partial charge on any atom is 0.343 e. The maximum absolute atomic E-state index is 14.1. The summed E-state index contributed by atoms with van der Waals surface area (Å²) in [5.41, 5.74) is 2.59. The highest BCUT2D eigenvalue weighted by Crippen LogP contribution is 2.38. The van der Waals surface area contributed by atoms with Gasteiger partial charge in [-0.2, -0.15) is 4.31 Å². The minimum absolute atomic E-state index is 0.00712. The van der Waals surface area contributed by atoms with Gasteiger partial charge in [-0.05, 0) is 49.2 Å². The van der Waals surface area contributed by atoms with Crippen molar-refractivity contribution in [3.63, 3.8) is 0 Å². The second-order valence-electron chi connectivity index (χ2n) is 7.02. The summed E-state index contributed by atoms with van der Waals surface area (Å²) in [7, 11) is -4.17. The lowest BCUT2D eigenvalue weighted by Gasteiger charge is -2.36. The van der Waals surface area contributed by atoms with Crippen LogP contribution in [0.2, 0.25) is 0 Å². The lowest BCUT2D eigenvalue weighted by atomic mass is 10.1. The van der Waals surface area contributed by atoms with Crippen LogP contribution in [-0.2, 0) is 16.6 Å². The van der Waals surface area contributed by atoms with Crippen molar-refractivity contribution in [3.8, 4) is 0 Å². The summed E-state index contributed by atoms with van der Waals surface area (Å²) in [6, 6.07) is 17.2. The fourth-order valence-corrected chi connectivity index (χ4v) is 4.88. The summed E-state index contributed by atoms with van der Waals surface area (Å²) < 4.78 is 41.2. The molecule has 4 rings (SSSR count). The topological polar surface area (TPSA) is 57.7 Å². The molecule has 0 N–H and O–H groups in total. The molecule has 0 atom stereocenters. The predicted molar refractivity (Wildman–Crippen MR) is 110 cm³/mol. The Labute approximate surface area is 169 Å². The minimum Gasteiger partial charge on any atom is -0.287 e. The normalized spacial score (nSPS) is 15.3. The highest BCUT2D eigenvalue weighted by atomic mass is 32.2. The van der Waals surface area contributed by atoms with Gasteiger partial charge in [-0.25, -0.2) is 17.6 Å². The van der Waals surface area contributed by atoms with Crippen LogP contribution in [0.25, 0.3) is 0 Å². The number of nitrogens with zero attached hydrogens (tertiary/aromatic N) is 2. The first-order valence-electron chi connectivity index (χ1n) is 9.06. The number of aryl methyl sites for hydroxylation is 2. The summed E-state index contributed by atoms with van der Waals surface area (Å²) in [5, 5.41) is 0. The third-order valence-electron chi connectivity index (χ3n) is 4.93. The standard InChI is InChI=1S/C22H19FN2O3S/c1-15-7-10-17(11-8-15)14-24-20-5-3-4-6-21(20)29(27,28)25(22(24)26)18-12-9-16(2)19(23)13-18/h3-13H,14H2,1-2H3. The van der Waals surface area contributed by atoms with Gasteiger partial charge in [0.1, 0.15) is 10.7 Å². The van der Waals surface area contributed by atoms with Gasteiger partial charge >= 0.3 is 6.03 Å². The fraction of sp³-hybridized carbons (Fsp3) is 0.136. The Hall–Kier alpha value is -3.19. The molecule has 29 heavy (non-hydrogen) atoms. The average molecular weight is 410 g/mol. The minimum atomic E-state index is -4.17. The van der Waals surface area contributed by atoms with Crippen LogP contribution in [0.3, 0.4) is 0 Å². The van der Waals surface area contributed by atoms with Crippen LogP contribution in [0, 0.1) is 19.7 Å². The number of para-hydroxylation sites is 1. The third-order valence-corrected chi connectivity index (χ3v) is 6.68. The van der Waals surface area contributed by atoms with Crippen molar-refractivity contribution in [2.24, 2.45) is 0 Å². The Bertz CT molecular complexity index is 1210. The maximum atomic E-state index is 14.1. The van der Waals surface area contributed by atoms with Gasteiger partial charge in [0.15, 0.2) is 0 Å². The number of halogens is 1. The first-order valence-corrected chi connectivity index (χ1v) is 10.5. The molecule has 1 aliphatic heterocycles. The van der Waals surface area contributed by atoms with Crippen molar-refractivity contribution >= 4 is 27.4 Å². The Kier molecular flexibility index (Phi) is 4.62. The number of hydrogen-bond acceptors (Lipinski definition) is 3. The van der Waals surface area contributed by atoms with Gasteiger partial charge in [0.05, 0.1) is 17.9 Å². The number of rotatable bonds is 3. The molecule has 0 saturated carbocycles. The second-order valence-corrected chi connectivity index (χ2v) is 8.78. The average Bonchev–Trinajstić information content (AvgIpc) is 2.69. The van der Waals surface area contributed by atoms with Gasteiger partial charge < -0.3 is 0 Å². The van der Waals surface area contributed by atoms with Gasteiger partial charge in [-0.1, -0.05) is 48.0 Å². The molecular weight excluding hydrogens is 391 g/mol. The quantitative estimate of drug-likeness (QED) is 0.625. The number of carbonyl (C=O) groups excluding carboxylic acids is 1. The van der Waals surface area contributed by atoms with Crippen molar-refractivity contribution in [3.05, 3.63) is 89.2 Å². The zero-order valence-electron chi connectivity index (χ0n) is 16.0. The lowest BCUT2D eigenvalue weighted by molar-refractivity contribution is 0.253. The number of amides is 2. The Morgan fingerprint density at radius 2 is 1.62 bits per heavy atom. The molecular formula is C22H19FN2O3S. The molecule has 0 spiro atoms. The molecule has 1 aliphatic rings. The van der Waals surface area contributed by atoms with Gasteiger partial charge in [0.2, 0.25) is 0 Å². The highest BCUT2D eigenvalue weighted by molar-refractivity contribution is 7.94. The zero-order chi connectivity index (χ0) is 20.8. The molecule has 0 radical (unpaired) electrons. The first kappa shape index (κ1) is 19.1.